The molecule has 112 valence electrons. The quantitative estimate of drug-likeness (QED) is 0.626. The third-order valence-electron chi connectivity index (χ3n) is 2.20. The van der Waals surface area contributed by atoms with E-state index < -0.39 is 47.0 Å². The van der Waals surface area contributed by atoms with Gasteiger partial charge in [-0.15, -0.1) is 0 Å². The van der Waals surface area contributed by atoms with E-state index in [2.05, 4.69) is 9.72 Å². The van der Waals surface area contributed by atoms with Gasteiger partial charge >= 0.3 is 12.1 Å². The highest BCUT2D eigenvalue weighted by atomic mass is 35.5. The van der Waals surface area contributed by atoms with Gasteiger partial charge < -0.3 is 4.74 Å². The Morgan fingerprint density at radius 2 is 2.05 bits per heavy atom. The van der Waals surface area contributed by atoms with E-state index >= 15 is 0 Å². The van der Waals surface area contributed by atoms with E-state index in [1.165, 1.54) is 6.92 Å². The Bertz CT molecular complexity index is 504. The predicted molar refractivity (Wildman–Crippen MR) is 59.5 cm³/mol. The third kappa shape index (κ3) is 4.03. The van der Waals surface area contributed by atoms with Crippen molar-refractivity contribution in [3.63, 3.8) is 0 Å². The molecular weight excluding hydrogens is 309 g/mol. The zero-order chi connectivity index (χ0) is 15.5. The Morgan fingerprint density at radius 3 is 2.50 bits per heavy atom. The molecule has 3 nitrogen and oxygen atoms in total. The second kappa shape index (κ2) is 6.34. The van der Waals surface area contributed by atoms with Crippen LogP contribution in [0.4, 0.5) is 22.0 Å². The Labute approximate surface area is 115 Å². The molecule has 0 unspecified atom stereocenters. The van der Waals surface area contributed by atoms with Crippen LogP contribution >= 0.6 is 11.6 Å². The van der Waals surface area contributed by atoms with Crippen LogP contribution in [0.2, 0.25) is 5.02 Å². The molecule has 0 aromatic carbocycles. The summed E-state index contributed by atoms with van der Waals surface area (Å²) in [7, 11) is 0. The Balaban J connectivity index is 3.28. The number of halogens is 6. The molecule has 0 spiro atoms. The van der Waals surface area contributed by atoms with Crippen LogP contribution in [-0.2, 0) is 22.1 Å². The third-order valence-corrected chi connectivity index (χ3v) is 2.63. The van der Waals surface area contributed by atoms with Crippen molar-refractivity contribution in [2.24, 2.45) is 0 Å². The SMILES string of the molecule is CCOC(=O)Cc1cc(C(F)(F)F)nc(C(F)F)c1Cl. The summed E-state index contributed by atoms with van der Waals surface area (Å²) in [6.45, 7) is 1.51. The molecule has 0 bridgehead atoms. The number of esters is 1. The number of pyridine rings is 1. The molecule has 1 aromatic rings. The topological polar surface area (TPSA) is 39.2 Å². The van der Waals surface area contributed by atoms with Gasteiger partial charge in [0.1, 0.15) is 11.4 Å². The van der Waals surface area contributed by atoms with E-state index in [0.717, 1.165) is 0 Å². The van der Waals surface area contributed by atoms with Gasteiger partial charge in [0, 0.05) is 0 Å². The first-order chi connectivity index (χ1) is 9.16. The van der Waals surface area contributed by atoms with E-state index in [4.69, 9.17) is 11.6 Å². The molecule has 0 saturated carbocycles. The summed E-state index contributed by atoms with van der Waals surface area (Å²) >= 11 is 5.55. The lowest BCUT2D eigenvalue weighted by atomic mass is 10.1. The van der Waals surface area contributed by atoms with Crippen LogP contribution in [0, 0.1) is 0 Å². The normalized spacial score (nSPS) is 11.8. The van der Waals surface area contributed by atoms with Crippen LogP contribution in [0.25, 0.3) is 0 Å². The zero-order valence-electron chi connectivity index (χ0n) is 10.1. The van der Waals surface area contributed by atoms with Gasteiger partial charge in [0.15, 0.2) is 0 Å². The molecule has 0 N–H and O–H groups in total. The van der Waals surface area contributed by atoms with Crippen LogP contribution in [0.15, 0.2) is 6.07 Å². The van der Waals surface area contributed by atoms with Crippen molar-refractivity contribution in [1.82, 2.24) is 4.98 Å². The molecule has 0 saturated heterocycles. The number of hydrogen-bond donors (Lipinski definition) is 0. The number of rotatable bonds is 4. The molecule has 0 amide bonds. The second-order valence-electron chi connectivity index (χ2n) is 3.65. The molecule has 1 aromatic heterocycles. The van der Waals surface area contributed by atoms with E-state index in [9.17, 15) is 26.7 Å². The van der Waals surface area contributed by atoms with Crippen molar-refractivity contribution in [2.75, 3.05) is 6.61 Å². The average Bonchev–Trinajstić information content (AvgIpc) is 2.30. The highest BCUT2D eigenvalue weighted by Gasteiger charge is 2.35. The zero-order valence-corrected chi connectivity index (χ0v) is 10.9. The molecule has 20 heavy (non-hydrogen) atoms. The summed E-state index contributed by atoms with van der Waals surface area (Å²) in [6.07, 6.45) is -8.85. The molecule has 0 atom stereocenters. The minimum atomic E-state index is -4.92. The largest absolute Gasteiger partial charge is 0.466 e. The Kier molecular flexibility index (Phi) is 5.27. The van der Waals surface area contributed by atoms with E-state index in [0.29, 0.717) is 6.07 Å². The lowest BCUT2D eigenvalue weighted by molar-refractivity contribution is -0.143. The number of hydrogen-bond acceptors (Lipinski definition) is 3. The predicted octanol–water partition coefficient (Wildman–Crippen LogP) is 3.80. The molecule has 1 rings (SSSR count). The standard InChI is InChI=1S/C11H9ClF5NO2/c1-2-20-7(19)4-5-3-6(11(15,16)17)18-9(8(5)12)10(13)14/h3,10H,2,4H2,1H3. The maximum atomic E-state index is 12.6. The highest BCUT2D eigenvalue weighted by Crippen LogP contribution is 2.35. The van der Waals surface area contributed by atoms with E-state index in [-0.39, 0.29) is 6.61 Å². The van der Waals surface area contributed by atoms with Crippen molar-refractivity contribution in [1.29, 1.82) is 0 Å². The van der Waals surface area contributed by atoms with Crippen LogP contribution in [-0.4, -0.2) is 17.6 Å². The van der Waals surface area contributed by atoms with Crippen molar-refractivity contribution in [3.05, 3.63) is 28.0 Å². The molecule has 0 aliphatic carbocycles. The van der Waals surface area contributed by atoms with Crippen LogP contribution in [0.1, 0.15) is 30.3 Å². The lowest BCUT2D eigenvalue weighted by Crippen LogP contribution is -2.14. The van der Waals surface area contributed by atoms with Gasteiger partial charge in [-0.05, 0) is 18.6 Å². The fraction of sp³-hybridized carbons (Fsp3) is 0.455. The van der Waals surface area contributed by atoms with E-state index in [1.807, 2.05) is 0 Å². The van der Waals surface area contributed by atoms with Crippen molar-refractivity contribution >= 4 is 17.6 Å². The number of ether oxygens (including phenoxy) is 1. The van der Waals surface area contributed by atoms with E-state index in [1.54, 1.807) is 0 Å². The minimum absolute atomic E-state index is 0.00929. The second-order valence-corrected chi connectivity index (χ2v) is 4.02. The maximum Gasteiger partial charge on any atom is 0.433 e. The molecule has 0 aliphatic rings. The first kappa shape index (κ1) is 16.6. The Hall–Kier alpha value is -1.44. The summed E-state index contributed by atoms with van der Waals surface area (Å²) in [4.78, 5) is 14.0. The average molecular weight is 318 g/mol. The van der Waals surface area contributed by atoms with Gasteiger partial charge in [0.05, 0.1) is 18.1 Å². The molecule has 1 heterocycles. The summed E-state index contributed by atoms with van der Waals surface area (Å²) in [5.41, 5.74) is -3.14. The van der Waals surface area contributed by atoms with Gasteiger partial charge in [-0.25, -0.2) is 13.8 Å². The van der Waals surface area contributed by atoms with Gasteiger partial charge in [-0.1, -0.05) is 11.6 Å². The summed E-state index contributed by atoms with van der Waals surface area (Å²) in [6, 6.07) is 0.463. The van der Waals surface area contributed by atoms with Crippen molar-refractivity contribution in [2.45, 2.75) is 25.9 Å². The lowest BCUT2D eigenvalue weighted by Gasteiger charge is -2.13. The number of nitrogens with zero attached hydrogens (tertiary/aromatic N) is 1. The number of carbonyl (C=O) groups excluding carboxylic acids is 1. The van der Waals surface area contributed by atoms with Gasteiger partial charge in [0.25, 0.3) is 6.43 Å². The molecule has 9 heteroatoms. The smallest absolute Gasteiger partial charge is 0.433 e. The summed E-state index contributed by atoms with van der Waals surface area (Å²) in [5, 5.41) is -0.666. The first-order valence-electron chi connectivity index (χ1n) is 5.37. The summed E-state index contributed by atoms with van der Waals surface area (Å²) < 4.78 is 67.5. The summed E-state index contributed by atoms with van der Waals surface area (Å²) in [5.74, 6) is -0.867. The fourth-order valence-corrected chi connectivity index (χ4v) is 1.64. The minimum Gasteiger partial charge on any atom is -0.466 e. The maximum absolute atomic E-state index is 12.6. The monoisotopic (exact) mass is 317 g/mol. The Morgan fingerprint density at radius 1 is 1.45 bits per heavy atom. The van der Waals surface area contributed by atoms with Gasteiger partial charge in [-0.3, -0.25) is 4.79 Å². The molecule has 0 aliphatic heterocycles. The fourth-order valence-electron chi connectivity index (χ4n) is 1.39. The number of alkyl halides is 5. The molecule has 0 radical (unpaired) electrons. The molecule has 0 fully saturated rings. The highest BCUT2D eigenvalue weighted by molar-refractivity contribution is 6.32. The van der Waals surface area contributed by atoms with Gasteiger partial charge in [0.2, 0.25) is 0 Å². The van der Waals surface area contributed by atoms with Gasteiger partial charge in [-0.2, -0.15) is 13.2 Å². The number of carbonyl (C=O) groups is 1. The van der Waals surface area contributed by atoms with Crippen molar-refractivity contribution < 1.29 is 31.5 Å². The van der Waals surface area contributed by atoms with Crippen molar-refractivity contribution in [3.8, 4) is 0 Å². The molecular formula is C11H9ClF5NO2. The first-order valence-corrected chi connectivity index (χ1v) is 5.74. The van der Waals surface area contributed by atoms with Crippen LogP contribution < -0.4 is 0 Å². The van der Waals surface area contributed by atoms with Crippen LogP contribution in [0.3, 0.4) is 0 Å². The number of aromatic nitrogens is 1. The van der Waals surface area contributed by atoms with Crippen LogP contribution in [0.5, 0.6) is 0 Å².